The molecule has 0 aromatic heterocycles. The molecule has 0 aromatic carbocycles. The summed E-state index contributed by atoms with van der Waals surface area (Å²) < 4.78 is 5.51. The number of ether oxygens (including phenoxy) is 1. The second kappa shape index (κ2) is 5.70. The number of thioether (sulfide) groups is 1. The molecule has 5 heteroatoms. The van der Waals surface area contributed by atoms with E-state index in [1.54, 1.807) is 11.8 Å². The number of carbonyl (C=O) groups is 1. The molecule has 0 radical (unpaired) electrons. The lowest BCUT2D eigenvalue weighted by molar-refractivity contribution is 0.00891. The third kappa shape index (κ3) is 4.05. The van der Waals surface area contributed by atoms with E-state index in [0.29, 0.717) is 6.54 Å². The van der Waals surface area contributed by atoms with Crippen molar-refractivity contribution in [2.75, 3.05) is 12.3 Å². The van der Waals surface area contributed by atoms with Crippen molar-refractivity contribution in [2.24, 2.45) is 5.73 Å². The smallest absolute Gasteiger partial charge is 0.411 e. The summed E-state index contributed by atoms with van der Waals surface area (Å²) in [5.41, 5.74) is 5.11. The van der Waals surface area contributed by atoms with Gasteiger partial charge in [-0.2, -0.15) is 0 Å². The van der Waals surface area contributed by atoms with Gasteiger partial charge in [0.2, 0.25) is 0 Å². The third-order valence-electron chi connectivity index (χ3n) is 2.91. The monoisotopic (exact) mass is 274 g/mol. The average molecular weight is 274 g/mol. The Hall–Kier alpha value is -0.420. The van der Waals surface area contributed by atoms with Crippen molar-refractivity contribution >= 4 is 17.9 Å². The van der Waals surface area contributed by atoms with Crippen LogP contribution < -0.4 is 5.73 Å². The minimum atomic E-state index is -0.446. The first kappa shape index (κ1) is 15.6. The van der Waals surface area contributed by atoms with Crippen molar-refractivity contribution in [3.8, 4) is 0 Å². The summed E-state index contributed by atoms with van der Waals surface area (Å²) in [6.45, 7) is 10.5. The van der Waals surface area contributed by atoms with Gasteiger partial charge in [-0.25, -0.2) is 4.79 Å². The van der Waals surface area contributed by atoms with Crippen LogP contribution in [0.15, 0.2) is 0 Å². The van der Waals surface area contributed by atoms with Crippen molar-refractivity contribution in [2.45, 2.75) is 64.0 Å². The van der Waals surface area contributed by atoms with Crippen LogP contribution in [0.2, 0.25) is 0 Å². The van der Waals surface area contributed by atoms with Crippen LogP contribution in [-0.4, -0.2) is 39.8 Å². The fourth-order valence-corrected chi connectivity index (χ4v) is 3.41. The number of amides is 1. The summed E-state index contributed by atoms with van der Waals surface area (Å²) in [4.78, 5) is 14.0. The van der Waals surface area contributed by atoms with Crippen LogP contribution in [0.25, 0.3) is 0 Å². The van der Waals surface area contributed by atoms with E-state index in [1.165, 1.54) is 0 Å². The Kier molecular flexibility index (Phi) is 4.95. The predicted molar refractivity (Wildman–Crippen MR) is 76.7 cm³/mol. The molecule has 1 rings (SSSR count). The SMILES string of the molecule is CC(C)(C)OC(=O)N1C(CCCN)CSC1(C)C. The summed E-state index contributed by atoms with van der Waals surface area (Å²) in [6.07, 6.45) is 1.69. The maximum atomic E-state index is 12.3. The highest BCUT2D eigenvalue weighted by Crippen LogP contribution is 2.41. The van der Waals surface area contributed by atoms with Crippen molar-refractivity contribution in [1.82, 2.24) is 4.90 Å². The van der Waals surface area contributed by atoms with Gasteiger partial charge in [-0.15, -0.1) is 11.8 Å². The van der Waals surface area contributed by atoms with Gasteiger partial charge in [-0.3, -0.25) is 4.90 Å². The summed E-state index contributed by atoms with van der Waals surface area (Å²) >= 11 is 1.80. The molecule has 1 fully saturated rings. The average Bonchev–Trinajstić information content (AvgIpc) is 2.48. The zero-order valence-corrected chi connectivity index (χ0v) is 13.0. The van der Waals surface area contributed by atoms with Gasteiger partial charge in [0, 0.05) is 11.8 Å². The van der Waals surface area contributed by atoms with Gasteiger partial charge in [0.15, 0.2) is 0 Å². The molecular formula is C13H26N2O2S. The Bertz CT molecular complexity index is 300. The van der Waals surface area contributed by atoms with Crippen molar-refractivity contribution in [1.29, 1.82) is 0 Å². The molecule has 0 aliphatic carbocycles. The van der Waals surface area contributed by atoms with Crippen molar-refractivity contribution in [3.05, 3.63) is 0 Å². The van der Waals surface area contributed by atoms with Crippen molar-refractivity contribution in [3.63, 3.8) is 0 Å². The van der Waals surface area contributed by atoms with E-state index < -0.39 is 5.60 Å². The number of nitrogens with zero attached hydrogens (tertiary/aromatic N) is 1. The van der Waals surface area contributed by atoms with E-state index in [-0.39, 0.29) is 17.0 Å². The third-order valence-corrected chi connectivity index (χ3v) is 4.36. The highest BCUT2D eigenvalue weighted by atomic mass is 32.2. The summed E-state index contributed by atoms with van der Waals surface area (Å²) in [5, 5.41) is 0. The standard InChI is InChI=1S/C13H26N2O2S/c1-12(2,3)17-11(16)15-10(7-6-8-14)9-18-13(15,4)5/h10H,6-9,14H2,1-5H3. The van der Waals surface area contributed by atoms with Crippen LogP contribution in [0.3, 0.4) is 0 Å². The Morgan fingerprint density at radius 2 is 2.11 bits per heavy atom. The van der Waals surface area contributed by atoms with Gasteiger partial charge in [-0.1, -0.05) is 0 Å². The van der Waals surface area contributed by atoms with Crippen molar-refractivity contribution < 1.29 is 9.53 Å². The number of nitrogens with two attached hydrogens (primary N) is 1. The molecule has 0 bridgehead atoms. The number of hydrogen-bond acceptors (Lipinski definition) is 4. The highest BCUT2D eigenvalue weighted by Gasteiger charge is 2.44. The Morgan fingerprint density at radius 3 is 2.61 bits per heavy atom. The molecule has 1 aliphatic heterocycles. The predicted octanol–water partition coefficient (Wildman–Crippen LogP) is 2.81. The molecule has 1 unspecified atom stereocenters. The lowest BCUT2D eigenvalue weighted by atomic mass is 10.1. The second-order valence-corrected chi connectivity index (χ2v) is 7.81. The lowest BCUT2D eigenvalue weighted by Gasteiger charge is -2.36. The van der Waals surface area contributed by atoms with Crippen LogP contribution in [0, 0.1) is 0 Å². The first-order valence-corrected chi connectivity index (χ1v) is 7.52. The molecule has 0 saturated carbocycles. The molecule has 1 atom stereocenters. The summed E-state index contributed by atoms with van der Waals surface area (Å²) in [5.74, 6) is 0.965. The number of rotatable bonds is 3. The Morgan fingerprint density at radius 1 is 1.50 bits per heavy atom. The molecule has 1 amide bonds. The second-order valence-electron chi connectivity index (χ2n) is 6.19. The molecule has 106 valence electrons. The molecule has 2 N–H and O–H groups in total. The first-order chi connectivity index (χ1) is 8.17. The number of hydrogen-bond donors (Lipinski definition) is 1. The Labute approximate surface area is 115 Å². The van der Waals surface area contributed by atoms with Crippen LogP contribution in [0.5, 0.6) is 0 Å². The molecule has 18 heavy (non-hydrogen) atoms. The lowest BCUT2D eigenvalue weighted by Crippen LogP contribution is -2.48. The zero-order chi connectivity index (χ0) is 14.0. The van der Waals surface area contributed by atoms with Crippen LogP contribution in [0.1, 0.15) is 47.5 Å². The maximum Gasteiger partial charge on any atom is 0.411 e. The van der Waals surface area contributed by atoms with E-state index in [0.717, 1.165) is 18.6 Å². The van der Waals surface area contributed by atoms with E-state index in [1.807, 2.05) is 25.7 Å². The fraction of sp³-hybridized carbons (Fsp3) is 0.923. The van der Waals surface area contributed by atoms with E-state index >= 15 is 0 Å². The molecule has 4 nitrogen and oxygen atoms in total. The largest absolute Gasteiger partial charge is 0.444 e. The summed E-state index contributed by atoms with van der Waals surface area (Å²) in [7, 11) is 0. The van der Waals surface area contributed by atoms with Gasteiger partial charge in [0.1, 0.15) is 5.60 Å². The van der Waals surface area contributed by atoms with Gasteiger partial charge < -0.3 is 10.5 Å². The number of carbonyl (C=O) groups excluding carboxylic acids is 1. The highest BCUT2D eigenvalue weighted by molar-refractivity contribution is 8.00. The van der Waals surface area contributed by atoms with E-state index in [9.17, 15) is 4.79 Å². The van der Waals surface area contributed by atoms with Crippen LogP contribution in [0.4, 0.5) is 4.79 Å². The van der Waals surface area contributed by atoms with Gasteiger partial charge >= 0.3 is 6.09 Å². The van der Waals surface area contributed by atoms with Gasteiger partial charge in [-0.05, 0) is 54.0 Å². The summed E-state index contributed by atoms with van der Waals surface area (Å²) in [6, 6.07) is 0.239. The maximum absolute atomic E-state index is 12.3. The fourth-order valence-electron chi connectivity index (χ4n) is 2.13. The Balaban J connectivity index is 2.75. The quantitative estimate of drug-likeness (QED) is 0.860. The van der Waals surface area contributed by atoms with Gasteiger partial charge in [0.25, 0.3) is 0 Å². The minimum Gasteiger partial charge on any atom is -0.444 e. The first-order valence-electron chi connectivity index (χ1n) is 6.54. The van der Waals surface area contributed by atoms with E-state index in [4.69, 9.17) is 10.5 Å². The molecule has 1 aliphatic rings. The normalized spacial score (nSPS) is 23.2. The van der Waals surface area contributed by atoms with E-state index in [2.05, 4.69) is 13.8 Å². The zero-order valence-electron chi connectivity index (χ0n) is 12.2. The minimum absolute atomic E-state index is 0.193. The van der Waals surface area contributed by atoms with Crippen LogP contribution >= 0.6 is 11.8 Å². The molecule has 0 spiro atoms. The van der Waals surface area contributed by atoms with Gasteiger partial charge in [0.05, 0.1) is 4.87 Å². The molecular weight excluding hydrogens is 248 g/mol. The topological polar surface area (TPSA) is 55.6 Å². The molecule has 1 heterocycles. The molecule has 1 saturated heterocycles. The molecule has 0 aromatic rings. The van der Waals surface area contributed by atoms with Crippen LogP contribution in [-0.2, 0) is 4.74 Å².